The molecule has 0 aliphatic carbocycles. The Hall–Kier alpha value is -1.88. The number of aromatic nitrogens is 2. The van der Waals surface area contributed by atoms with E-state index in [-0.39, 0.29) is 5.82 Å². The number of rotatable bonds is 3. The topological polar surface area (TPSA) is 39.1 Å². The Morgan fingerprint density at radius 2 is 2.15 bits per heavy atom. The van der Waals surface area contributed by atoms with Crippen molar-refractivity contribution in [2.24, 2.45) is 0 Å². The van der Waals surface area contributed by atoms with Crippen molar-refractivity contribution in [3.63, 3.8) is 0 Å². The molecule has 0 amide bonds. The van der Waals surface area contributed by atoms with E-state index in [9.17, 15) is 4.39 Å². The molecule has 2 heterocycles. The van der Waals surface area contributed by atoms with Crippen molar-refractivity contribution >= 4 is 0 Å². The van der Waals surface area contributed by atoms with E-state index >= 15 is 0 Å². The Balaban J connectivity index is 1.77. The van der Waals surface area contributed by atoms with E-state index in [1.165, 1.54) is 12.1 Å². The van der Waals surface area contributed by atoms with Crippen LogP contribution >= 0.6 is 0 Å². The second kappa shape index (κ2) is 5.63. The van der Waals surface area contributed by atoms with Crippen LogP contribution in [0.3, 0.4) is 0 Å². The lowest BCUT2D eigenvalue weighted by Crippen LogP contribution is -2.32. The zero-order valence-electron chi connectivity index (χ0n) is 11.5. The zero-order valence-corrected chi connectivity index (χ0v) is 11.5. The number of hydrogen-bond acceptors (Lipinski definition) is 3. The highest BCUT2D eigenvalue weighted by Crippen LogP contribution is 2.28. The zero-order chi connectivity index (χ0) is 13.9. The van der Waals surface area contributed by atoms with Crippen molar-refractivity contribution in [3.8, 4) is 11.5 Å². The van der Waals surface area contributed by atoms with Gasteiger partial charge in [0, 0.05) is 6.54 Å². The summed E-state index contributed by atoms with van der Waals surface area (Å²) in [6.45, 7) is 4.02. The molecule has 20 heavy (non-hydrogen) atoms. The molecule has 1 aliphatic rings. The highest BCUT2D eigenvalue weighted by Gasteiger charge is 2.19. The molecule has 0 saturated carbocycles. The van der Waals surface area contributed by atoms with Gasteiger partial charge in [-0.15, -0.1) is 0 Å². The maximum atomic E-state index is 12.9. The van der Waals surface area contributed by atoms with Crippen LogP contribution in [0.2, 0.25) is 0 Å². The Morgan fingerprint density at radius 3 is 2.85 bits per heavy atom. The molecule has 1 aromatic carbocycles. The fourth-order valence-corrected chi connectivity index (χ4v) is 2.55. The lowest BCUT2D eigenvalue weighted by Gasteiger charge is -2.24. The first-order valence-electron chi connectivity index (χ1n) is 6.92. The standard InChI is InChI=1S/C15H18FN3O/c1-11-15(20-14-6-4-12(16)5-7-14)10-18-19(11)13-3-2-8-17-9-13/h4-7,10,13,17H,2-3,8-9H2,1H3. The van der Waals surface area contributed by atoms with Crippen LogP contribution in [0.25, 0.3) is 0 Å². The molecule has 4 nitrogen and oxygen atoms in total. The molecule has 1 aromatic heterocycles. The van der Waals surface area contributed by atoms with Crippen molar-refractivity contribution in [2.75, 3.05) is 13.1 Å². The van der Waals surface area contributed by atoms with E-state index in [4.69, 9.17) is 4.74 Å². The first kappa shape index (κ1) is 13.1. The molecule has 1 unspecified atom stereocenters. The quantitative estimate of drug-likeness (QED) is 0.935. The molecule has 106 valence electrons. The van der Waals surface area contributed by atoms with E-state index in [2.05, 4.69) is 10.4 Å². The number of nitrogens with zero attached hydrogens (tertiary/aromatic N) is 2. The number of hydrogen-bond donors (Lipinski definition) is 1. The van der Waals surface area contributed by atoms with Crippen LogP contribution in [0.15, 0.2) is 30.5 Å². The van der Waals surface area contributed by atoms with Gasteiger partial charge >= 0.3 is 0 Å². The normalized spacial score (nSPS) is 19.0. The van der Waals surface area contributed by atoms with Gasteiger partial charge in [0.25, 0.3) is 0 Å². The molecule has 5 heteroatoms. The Bertz CT molecular complexity index is 573. The molecule has 1 fully saturated rings. The van der Waals surface area contributed by atoms with Crippen molar-refractivity contribution in [1.29, 1.82) is 0 Å². The van der Waals surface area contributed by atoms with E-state index in [0.717, 1.165) is 37.4 Å². The number of halogens is 1. The van der Waals surface area contributed by atoms with Gasteiger partial charge in [-0.05, 0) is 50.6 Å². The minimum Gasteiger partial charge on any atom is -0.454 e. The molecule has 1 atom stereocenters. The fourth-order valence-electron chi connectivity index (χ4n) is 2.55. The summed E-state index contributed by atoms with van der Waals surface area (Å²) in [5.74, 6) is 1.08. The Kier molecular flexibility index (Phi) is 3.69. The van der Waals surface area contributed by atoms with Gasteiger partial charge in [-0.25, -0.2) is 4.39 Å². The van der Waals surface area contributed by atoms with Crippen LogP contribution in [0.4, 0.5) is 4.39 Å². The minimum atomic E-state index is -0.266. The summed E-state index contributed by atoms with van der Waals surface area (Å²) in [4.78, 5) is 0. The van der Waals surface area contributed by atoms with Crippen molar-refractivity contribution in [3.05, 3.63) is 42.0 Å². The van der Waals surface area contributed by atoms with Crippen LogP contribution in [0, 0.1) is 12.7 Å². The van der Waals surface area contributed by atoms with Gasteiger partial charge in [0.1, 0.15) is 11.6 Å². The maximum Gasteiger partial charge on any atom is 0.168 e. The Morgan fingerprint density at radius 1 is 1.35 bits per heavy atom. The molecule has 2 aromatic rings. The van der Waals surface area contributed by atoms with Gasteiger partial charge in [0.15, 0.2) is 5.75 Å². The van der Waals surface area contributed by atoms with Crippen LogP contribution in [0.1, 0.15) is 24.6 Å². The van der Waals surface area contributed by atoms with Crippen LogP contribution in [0.5, 0.6) is 11.5 Å². The highest BCUT2D eigenvalue weighted by molar-refractivity contribution is 5.32. The summed E-state index contributed by atoms with van der Waals surface area (Å²) in [7, 11) is 0. The van der Waals surface area contributed by atoms with E-state index < -0.39 is 0 Å². The summed E-state index contributed by atoms with van der Waals surface area (Å²) in [5.41, 5.74) is 1.00. The van der Waals surface area contributed by atoms with Gasteiger partial charge in [-0.1, -0.05) is 0 Å². The van der Waals surface area contributed by atoms with Crippen LogP contribution < -0.4 is 10.1 Å². The summed E-state index contributed by atoms with van der Waals surface area (Å²) >= 11 is 0. The largest absolute Gasteiger partial charge is 0.454 e. The second-order valence-corrected chi connectivity index (χ2v) is 5.09. The van der Waals surface area contributed by atoms with E-state index in [0.29, 0.717) is 11.8 Å². The molecule has 0 radical (unpaired) electrons. The molecular weight excluding hydrogens is 257 g/mol. The Labute approximate surface area is 117 Å². The summed E-state index contributed by atoms with van der Waals surface area (Å²) in [5, 5.41) is 7.81. The SMILES string of the molecule is Cc1c(Oc2ccc(F)cc2)cnn1C1CCCNC1. The molecule has 3 rings (SSSR count). The smallest absolute Gasteiger partial charge is 0.168 e. The van der Waals surface area contributed by atoms with Crippen molar-refractivity contribution in [1.82, 2.24) is 15.1 Å². The first-order valence-corrected chi connectivity index (χ1v) is 6.92. The first-order chi connectivity index (χ1) is 9.74. The fraction of sp³-hybridized carbons (Fsp3) is 0.400. The third-order valence-electron chi connectivity index (χ3n) is 3.66. The van der Waals surface area contributed by atoms with Crippen LogP contribution in [-0.4, -0.2) is 22.9 Å². The number of ether oxygens (including phenoxy) is 1. The molecule has 0 bridgehead atoms. The summed E-state index contributed by atoms with van der Waals surface area (Å²) in [6.07, 6.45) is 4.02. The average Bonchev–Trinajstić information content (AvgIpc) is 2.84. The lowest BCUT2D eigenvalue weighted by atomic mass is 10.1. The van der Waals surface area contributed by atoms with Gasteiger partial charge in [-0.3, -0.25) is 4.68 Å². The highest BCUT2D eigenvalue weighted by atomic mass is 19.1. The monoisotopic (exact) mass is 275 g/mol. The summed E-state index contributed by atoms with van der Waals surface area (Å²) < 4.78 is 20.7. The predicted molar refractivity (Wildman–Crippen MR) is 74.6 cm³/mol. The summed E-state index contributed by atoms with van der Waals surface area (Å²) in [6, 6.07) is 6.40. The minimum absolute atomic E-state index is 0.266. The molecule has 1 N–H and O–H groups in total. The van der Waals surface area contributed by atoms with Gasteiger partial charge < -0.3 is 10.1 Å². The number of benzene rings is 1. The maximum absolute atomic E-state index is 12.9. The van der Waals surface area contributed by atoms with Gasteiger partial charge in [-0.2, -0.15) is 5.10 Å². The second-order valence-electron chi connectivity index (χ2n) is 5.09. The molecular formula is C15H18FN3O. The third-order valence-corrected chi connectivity index (χ3v) is 3.66. The number of piperidine rings is 1. The third kappa shape index (κ3) is 2.67. The average molecular weight is 275 g/mol. The molecule has 1 aliphatic heterocycles. The van der Waals surface area contributed by atoms with Crippen molar-refractivity contribution < 1.29 is 9.13 Å². The van der Waals surface area contributed by atoms with Crippen LogP contribution in [-0.2, 0) is 0 Å². The predicted octanol–water partition coefficient (Wildman–Crippen LogP) is 3.05. The number of nitrogens with one attached hydrogen (secondary N) is 1. The molecule has 1 saturated heterocycles. The van der Waals surface area contributed by atoms with Gasteiger partial charge in [0.2, 0.25) is 0 Å². The van der Waals surface area contributed by atoms with E-state index in [1.807, 2.05) is 11.6 Å². The van der Waals surface area contributed by atoms with Gasteiger partial charge in [0.05, 0.1) is 17.9 Å². The van der Waals surface area contributed by atoms with E-state index in [1.54, 1.807) is 18.3 Å². The lowest BCUT2D eigenvalue weighted by molar-refractivity contribution is 0.340. The molecule has 0 spiro atoms. The van der Waals surface area contributed by atoms with Crippen molar-refractivity contribution in [2.45, 2.75) is 25.8 Å².